The molecule has 0 radical (unpaired) electrons. The van der Waals surface area contributed by atoms with Gasteiger partial charge >= 0.3 is 0 Å². The van der Waals surface area contributed by atoms with Crippen LogP contribution in [0.4, 0.5) is 13.2 Å². The zero-order valence-electron chi connectivity index (χ0n) is 10.2. The van der Waals surface area contributed by atoms with Crippen molar-refractivity contribution in [2.24, 2.45) is 0 Å². The van der Waals surface area contributed by atoms with E-state index in [2.05, 4.69) is 5.32 Å². The van der Waals surface area contributed by atoms with Gasteiger partial charge in [0.05, 0.1) is 6.10 Å². The lowest BCUT2D eigenvalue weighted by Gasteiger charge is -2.30. The molecule has 2 unspecified atom stereocenters. The molecule has 2 atom stereocenters. The summed E-state index contributed by atoms with van der Waals surface area (Å²) >= 11 is 0. The molecule has 0 spiro atoms. The maximum absolute atomic E-state index is 13.2. The van der Waals surface area contributed by atoms with Crippen LogP contribution in [0.3, 0.4) is 0 Å². The van der Waals surface area contributed by atoms with Crippen molar-refractivity contribution in [2.75, 3.05) is 13.2 Å². The molecule has 0 amide bonds. The summed E-state index contributed by atoms with van der Waals surface area (Å²) in [6.45, 7) is 3.37. The second-order valence-corrected chi connectivity index (χ2v) is 4.44. The lowest BCUT2D eigenvalue weighted by molar-refractivity contribution is 0.000181. The van der Waals surface area contributed by atoms with Gasteiger partial charge in [0.25, 0.3) is 0 Å². The average Bonchev–Trinajstić information content (AvgIpc) is 2.36. The molecule has 100 valence electrons. The highest BCUT2D eigenvalue weighted by atomic mass is 19.2. The van der Waals surface area contributed by atoms with Crippen molar-refractivity contribution in [2.45, 2.75) is 31.9 Å². The molecule has 1 aliphatic rings. The molecule has 1 heterocycles. The van der Waals surface area contributed by atoms with Gasteiger partial charge in [-0.15, -0.1) is 0 Å². The second kappa shape index (κ2) is 5.71. The fourth-order valence-corrected chi connectivity index (χ4v) is 2.26. The van der Waals surface area contributed by atoms with E-state index in [1.807, 2.05) is 6.92 Å². The standard InChI is InChI=1S/C13H16F3NO/c1-2-17-9-3-4-18-12(7-9)8-5-10(14)13(16)11(15)6-8/h5-6,9,12,17H,2-4,7H2,1H3. The smallest absolute Gasteiger partial charge is 0.194 e. The van der Waals surface area contributed by atoms with Crippen LogP contribution in [0, 0.1) is 17.5 Å². The summed E-state index contributed by atoms with van der Waals surface area (Å²) < 4.78 is 44.7. The number of ether oxygens (including phenoxy) is 1. The SMILES string of the molecule is CCNC1CCOC(c2cc(F)c(F)c(F)c2)C1. The van der Waals surface area contributed by atoms with E-state index in [0.717, 1.165) is 25.1 Å². The maximum atomic E-state index is 13.2. The Morgan fingerprint density at radius 3 is 2.56 bits per heavy atom. The van der Waals surface area contributed by atoms with Gasteiger partial charge in [0.15, 0.2) is 17.5 Å². The largest absolute Gasteiger partial charge is 0.373 e. The van der Waals surface area contributed by atoms with Gasteiger partial charge in [-0.2, -0.15) is 0 Å². The number of rotatable bonds is 3. The van der Waals surface area contributed by atoms with E-state index in [9.17, 15) is 13.2 Å². The summed E-state index contributed by atoms with van der Waals surface area (Å²) in [6, 6.07) is 2.29. The Labute approximate surface area is 104 Å². The normalized spacial score (nSPS) is 24.2. The molecule has 1 fully saturated rings. The van der Waals surface area contributed by atoms with Gasteiger partial charge < -0.3 is 10.1 Å². The fourth-order valence-electron chi connectivity index (χ4n) is 2.26. The first-order valence-corrected chi connectivity index (χ1v) is 6.11. The zero-order valence-corrected chi connectivity index (χ0v) is 10.2. The van der Waals surface area contributed by atoms with Gasteiger partial charge in [0.1, 0.15) is 0 Å². The zero-order chi connectivity index (χ0) is 13.1. The van der Waals surface area contributed by atoms with Crippen LogP contribution in [-0.2, 0) is 4.74 Å². The molecule has 1 aliphatic heterocycles. The van der Waals surface area contributed by atoms with Crippen LogP contribution in [0.2, 0.25) is 0 Å². The minimum Gasteiger partial charge on any atom is -0.373 e. The quantitative estimate of drug-likeness (QED) is 0.843. The van der Waals surface area contributed by atoms with Crippen molar-refractivity contribution in [3.8, 4) is 0 Å². The van der Waals surface area contributed by atoms with E-state index >= 15 is 0 Å². The molecule has 0 aromatic heterocycles. The highest BCUT2D eigenvalue weighted by Gasteiger charge is 2.25. The van der Waals surface area contributed by atoms with Crippen molar-refractivity contribution < 1.29 is 17.9 Å². The van der Waals surface area contributed by atoms with Crippen LogP contribution < -0.4 is 5.32 Å². The number of hydrogen-bond donors (Lipinski definition) is 1. The van der Waals surface area contributed by atoms with Gasteiger partial charge in [-0.3, -0.25) is 0 Å². The Hall–Kier alpha value is -1.07. The molecule has 2 rings (SSSR count). The number of benzene rings is 1. The van der Waals surface area contributed by atoms with Crippen molar-refractivity contribution in [3.63, 3.8) is 0 Å². The van der Waals surface area contributed by atoms with Crippen molar-refractivity contribution in [3.05, 3.63) is 35.1 Å². The number of halogens is 3. The van der Waals surface area contributed by atoms with Crippen LogP contribution in [-0.4, -0.2) is 19.2 Å². The molecular weight excluding hydrogens is 243 g/mol. The summed E-state index contributed by atoms with van der Waals surface area (Å²) in [4.78, 5) is 0. The Balaban J connectivity index is 2.15. The monoisotopic (exact) mass is 259 g/mol. The van der Waals surface area contributed by atoms with Crippen molar-refractivity contribution >= 4 is 0 Å². The third-order valence-electron chi connectivity index (χ3n) is 3.15. The number of hydrogen-bond acceptors (Lipinski definition) is 2. The Kier molecular flexibility index (Phi) is 4.24. The van der Waals surface area contributed by atoms with Gasteiger partial charge in [-0.1, -0.05) is 6.92 Å². The van der Waals surface area contributed by atoms with E-state index in [-0.39, 0.29) is 12.1 Å². The minimum atomic E-state index is -1.43. The predicted octanol–water partition coefficient (Wildman–Crippen LogP) is 2.93. The topological polar surface area (TPSA) is 21.3 Å². The third kappa shape index (κ3) is 2.84. The van der Waals surface area contributed by atoms with Gasteiger partial charge in [-0.25, -0.2) is 13.2 Å². The van der Waals surface area contributed by atoms with E-state index in [0.29, 0.717) is 18.6 Å². The summed E-state index contributed by atoms with van der Waals surface area (Å²) in [5.41, 5.74) is 0.356. The molecule has 2 nitrogen and oxygen atoms in total. The first-order valence-electron chi connectivity index (χ1n) is 6.11. The summed E-state index contributed by atoms with van der Waals surface area (Å²) in [5, 5.41) is 3.28. The first-order chi connectivity index (χ1) is 8.61. The third-order valence-corrected chi connectivity index (χ3v) is 3.15. The van der Waals surface area contributed by atoms with Crippen LogP contribution in [0.1, 0.15) is 31.4 Å². The molecule has 1 aromatic rings. The molecular formula is C13H16F3NO. The molecule has 0 bridgehead atoms. The summed E-state index contributed by atoms with van der Waals surface area (Å²) in [5.74, 6) is -3.77. The lowest BCUT2D eigenvalue weighted by Crippen LogP contribution is -2.35. The van der Waals surface area contributed by atoms with Gasteiger partial charge in [-0.05, 0) is 37.1 Å². The van der Waals surface area contributed by atoms with Crippen LogP contribution in [0.15, 0.2) is 12.1 Å². The van der Waals surface area contributed by atoms with E-state index in [1.165, 1.54) is 0 Å². The molecule has 0 saturated carbocycles. The molecule has 1 aromatic carbocycles. The Bertz CT molecular complexity index is 400. The first kappa shape index (κ1) is 13.4. The Morgan fingerprint density at radius 2 is 1.94 bits per heavy atom. The summed E-state index contributed by atoms with van der Waals surface area (Å²) in [7, 11) is 0. The average molecular weight is 259 g/mol. The fraction of sp³-hybridized carbons (Fsp3) is 0.538. The molecule has 1 saturated heterocycles. The van der Waals surface area contributed by atoms with Gasteiger partial charge in [0, 0.05) is 12.6 Å². The highest BCUT2D eigenvalue weighted by Crippen LogP contribution is 2.29. The van der Waals surface area contributed by atoms with E-state index < -0.39 is 17.5 Å². The predicted molar refractivity (Wildman–Crippen MR) is 61.7 cm³/mol. The molecule has 18 heavy (non-hydrogen) atoms. The van der Waals surface area contributed by atoms with Crippen LogP contribution in [0.25, 0.3) is 0 Å². The summed E-state index contributed by atoms with van der Waals surface area (Å²) in [6.07, 6.45) is 1.13. The number of nitrogens with one attached hydrogen (secondary N) is 1. The van der Waals surface area contributed by atoms with Gasteiger partial charge in [0.2, 0.25) is 0 Å². The van der Waals surface area contributed by atoms with Crippen molar-refractivity contribution in [1.29, 1.82) is 0 Å². The molecule has 0 aliphatic carbocycles. The Morgan fingerprint density at radius 1 is 1.28 bits per heavy atom. The van der Waals surface area contributed by atoms with E-state index in [1.54, 1.807) is 0 Å². The highest BCUT2D eigenvalue weighted by molar-refractivity contribution is 5.22. The molecule has 1 N–H and O–H groups in total. The van der Waals surface area contributed by atoms with Crippen LogP contribution >= 0.6 is 0 Å². The van der Waals surface area contributed by atoms with Crippen LogP contribution in [0.5, 0.6) is 0 Å². The van der Waals surface area contributed by atoms with Crippen molar-refractivity contribution in [1.82, 2.24) is 5.32 Å². The van der Waals surface area contributed by atoms with E-state index in [4.69, 9.17) is 4.74 Å². The lowest BCUT2D eigenvalue weighted by atomic mass is 9.97. The minimum absolute atomic E-state index is 0.268. The molecule has 5 heteroatoms. The maximum Gasteiger partial charge on any atom is 0.194 e. The second-order valence-electron chi connectivity index (χ2n) is 4.44.